The summed E-state index contributed by atoms with van der Waals surface area (Å²) in [5.74, 6) is 0.779. The van der Waals surface area contributed by atoms with Gasteiger partial charge in [-0.2, -0.15) is 0 Å². The quantitative estimate of drug-likeness (QED) is 0.933. The first-order valence-electron chi connectivity index (χ1n) is 6.38. The van der Waals surface area contributed by atoms with Gasteiger partial charge in [0.15, 0.2) is 5.82 Å². The number of hydrogen-bond donors (Lipinski definition) is 1. The summed E-state index contributed by atoms with van der Waals surface area (Å²) in [6.45, 7) is 7.02. The molecule has 19 heavy (non-hydrogen) atoms. The lowest BCUT2D eigenvalue weighted by molar-refractivity contribution is 0.580. The zero-order valence-corrected chi connectivity index (χ0v) is 13.0. The van der Waals surface area contributed by atoms with Crippen LogP contribution in [0, 0.1) is 6.92 Å². The summed E-state index contributed by atoms with van der Waals surface area (Å²) in [7, 11) is 0. The highest BCUT2D eigenvalue weighted by Gasteiger charge is 2.06. The third-order valence-electron chi connectivity index (χ3n) is 2.68. The summed E-state index contributed by atoms with van der Waals surface area (Å²) in [6, 6.07) is 10.5. The highest BCUT2D eigenvalue weighted by molar-refractivity contribution is 9.10. The van der Waals surface area contributed by atoms with Crippen molar-refractivity contribution < 1.29 is 0 Å². The summed E-state index contributed by atoms with van der Waals surface area (Å²) in [4.78, 5) is 9.14. The van der Waals surface area contributed by atoms with Crippen molar-refractivity contribution >= 4 is 15.9 Å². The molecule has 0 aliphatic rings. The standard InChI is InChI=1S/C15H18BrN3/c1-10(2)17-9-14-7-11(3)18-15(19-14)12-5-4-6-13(16)8-12/h4-8,10,17H,9H2,1-3H3. The molecule has 0 aliphatic heterocycles. The van der Waals surface area contributed by atoms with Gasteiger partial charge in [-0.25, -0.2) is 9.97 Å². The van der Waals surface area contributed by atoms with E-state index in [4.69, 9.17) is 0 Å². The smallest absolute Gasteiger partial charge is 0.159 e. The van der Waals surface area contributed by atoms with Crippen LogP contribution in [0.25, 0.3) is 11.4 Å². The van der Waals surface area contributed by atoms with Gasteiger partial charge in [0.1, 0.15) is 0 Å². The highest BCUT2D eigenvalue weighted by atomic mass is 79.9. The Hall–Kier alpha value is -1.26. The van der Waals surface area contributed by atoms with Gasteiger partial charge in [-0.1, -0.05) is 41.9 Å². The predicted octanol–water partition coefficient (Wildman–Crippen LogP) is 3.71. The summed E-state index contributed by atoms with van der Waals surface area (Å²) in [5, 5.41) is 3.38. The van der Waals surface area contributed by atoms with E-state index >= 15 is 0 Å². The molecule has 0 fully saturated rings. The maximum Gasteiger partial charge on any atom is 0.159 e. The van der Waals surface area contributed by atoms with Crippen LogP contribution in [0.4, 0.5) is 0 Å². The van der Waals surface area contributed by atoms with Gasteiger partial charge in [0.2, 0.25) is 0 Å². The van der Waals surface area contributed by atoms with Crippen molar-refractivity contribution in [2.75, 3.05) is 0 Å². The van der Waals surface area contributed by atoms with Crippen LogP contribution in [0.1, 0.15) is 25.2 Å². The number of hydrogen-bond acceptors (Lipinski definition) is 3. The second-order valence-electron chi connectivity index (χ2n) is 4.87. The van der Waals surface area contributed by atoms with E-state index < -0.39 is 0 Å². The Kier molecular flexibility index (Phi) is 4.66. The molecule has 0 saturated heterocycles. The van der Waals surface area contributed by atoms with E-state index in [0.717, 1.165) is 33.8 Å². The van der Waals surface area contributed by atoms with E-state index in [1.165, 1.54) is 0 Å². The van der Waals surface area contributed by atoms with Gasteiger partial charge in [-0.3, -0.25) is 0 Å². The van der Waals surface area contributed by atoms with Gasteiger partial charge in [-0.15, -0.1) is 0 Å². The first-order chi connectivity index (χ1) is 9.04. The molecule has 0 amide bonds. The molecule has 0 radical (unpaired) electrons. The third kappa shape index (κ3) is 4.11. The van der Waals surface area contributed by atoms with Crippen molar-refractivity contribution in [3.63, 3.8) is 0 Å². The molecule has 0 spiro atoms. The van der Waals surface area contributed by atoms with Crippen LogP contribution in [0.15, 0.2) is 34.8 Å². The number of rotatable bonds is 4. The second kappa shape index (κ2) is 6.26. The molecule has 3 nitrogen and oxygen atoms in total. The molecular weight excluding hydrogens is 302 g/mol. The number of aryl methyl sites for hydroxylation is 1. The van der Waals surface area contributed by atoms with Crippen LogP contribution in [-0.4, -0.2) is 16.0 Å². The van der Waals surface area contributed by atoms with Crippen molar-refractivity contribution in [2.24, 2.45) is 0 Å². The number of benzene rings is 1. The zero-order valence-electron chi connectivity index (χ0n) is 11.4. The summed E-state index contributed by atoms with van der Waals surface area (Å²) in [6.07, 6.45) is 0. The normalized spacial score (nSPS) is 11.0. The van der Waals surface area contributed by atoms with E-state index in [2.05, 4.69) is 45.1 Å². The van der Waals surface area contributed by atoms with Crippen molar-refractivity contribution in [1.29, 1.82) is 0 Å². The molecule has 0 saturated carbocycles. The largest absolute Gasteiger partial charge is 0.309 e. The third-order valence-corrected chi connectivity index (χ3v) is 3.17. The van der Waals surface area contributed by atoms with Gasteiger partial charge in [0.25, 0.3) is 0 Å². The molecule has 0 bridgehead atoms. The van der Waals surface area contributed by atoms with E-state index in [0.29, 0.717) is 6.04 Å². The SMILES string of the molecule is Cc1cc(CNC(C)C)nc(-c2cccc(Br)c2)n1. The summed E-state index contributed by atoms with van der Waals surface area (Å²) in [5.41, 5.74) is 3.05. The highest BCUT2D eigenvalue weighted by Crippen LogP contribution is 2.20. The Bertz CT molecular complexity index is 567. The van der Waals surface area contributed by atoms with Gasteiger partial charge in [0.05, 0.1) is 5.69 Å². The van der Waals surface area contributed by atoms with Crippen LogP contribution < -0.4 is 5.32 Å². The van der Waals surface area contributed by atoms with Crippen molar-refractivity contribution in [2.45, 2.75) is 33.4 Å². The second-order valence-corrected chi connectivity index (χ2v) is 5.79. The molecule has 4 heteroatoms. The minimum atomic E-state index is 0.449. The first kappa shape index (κ1) is 14.2. The van der Waals surface area contributed by atoms with E-state index in [1.54, 1.807) is 0 Å². The van der Waals surface area contributed by atoms with Crippen LogP contribution >= 0.6 is 15.9 Å². The fourth-order valence-electron chi connectivity index (χ4n) is 1.79. The lowest BCUT2D eigenvalue weighted by Gasteiger charge is -2.09. The molecule has 0 unspecified atom stereocenters. The topological polar surface area (TPSA) is 37.8 Å². The van der Waals surface area contributed by atoms with E-state index in [9.17, 15) is 0 Å². The number of halogens is 1. The van der Waals surface area contributed by atoms with Crippen LogP contribution in [-0.2, 0) is 6.54 Å². The Morgan fingerprint density at radius 2 is 2.00 bits per heavy atom. The minimum absolute atomic E-state index is 0.449. The Morgan fingerprint density at radius 3 is 2.68 bits per heavy atom. The predicted molar refractivity (Wildman–Crippen MR) is 81.9 cm³/mol. The minimum Gasteiger partial charge on any atom is -0.309 e. The molecule has 100 valence electrons. The monoisotopic (exact) mass is 319 g/mol. The molecule has 1 heterocycles. The van der Waals surface area contributed by atoms with E-state index in [-0.39, 0.29) is 0 Å². The molecule has 1 aromatic heterocycles. The maximum absolute atomic E-state index is 4.62. The summed E-state index contributed by atoms with van der Waals surface area (Å²) < 4.78 is 1.04. The Labute approximate surface area is 122 Å². The van der Waals surface area contributed by atoms with E-state index in [1.807, 2.05) is 37.3 Å². The zero-order chi connectivity index (χ0) is 13.8. The Morgan fingerprint density at radius 1 is 1.21 bits per heavy atom. The van der Waals surface area contributed by atoms with Gasteiger partial charge >= 0.3 is 0 Å². The van der Waals surface area contributed by atoms with Gasteiger partial charge in [-0.05, 0) is 25.1 Å². The number of nitrogens with zero attached hydrogens (tertiary/aromatic N) is 2. The van der Waals surface area contributed by atoms with Crippen molar-refractivity contribution in [1.82, 2.24) is 15.3 Å². The molecule has 2 rings (SSSR count). The molecular formula is C15H18BrN3. The fourth-order valence-corrected chi connectivity index (χ4v) is 2.19. The van der Waals surface area contributed by atoms with Crippen molar-refractivity contribution in [3.8, 4) is 11.4 Å². The average molecular weight is 320 g/mol. The molecule has 1 aromatic carbocycles. The number of aromatic nitrogens is 2. The maximum atomic E-state index is 4.62. The summed E-state index contributed by atoms with van der Waals surface area (Å²) >= 11 is 3.48. The fraction of sp³-hybridized carbons (Fsp3) is 0.333. The van der Waals surface area contributed by atoms with Gasteiger partial charge in [0, 0.05) is 28.3 Å². The van der Waals surface area contributed by atoms with Gasteiger partial charge < -0.3 is 5.32 Å². The molecule has 2 aromatic rings. The average Bonchev–Trinajstić information content (AvgIpc) is 2.36. The van der Waals surface area contributed by atoms with Crippen LogP contribution in [0.2, 0.25) is 0 Å². The molecule has 0 aliphatic carbocycles. The van der Waals surface area contributed by atoms with Crippen molar-refractivity contribution in [3.05, 3.63) is 46.2 Å². The lowest BCUT2D eigenvalue weighted by Crippen LogP contribution is -2.22. The Balaban J connectivity index is 2.31. The van der Waals surface area contributed by atoms with Crippen LogP contribution in [0.3, 0.4) is 0 Å². The first-order valence-corrected chi connectivity index (χ1v) is 7.18. The van der Waals surface area contributed by atoms with Crippen LogP contribution in [0.5, 0.6) is 0 Å². The number of nitrogens with one attached hydrogen (secondary N) is 1. The lowest BCUT2D eigenvalue weighted by atomic mass is 10.2. The molecule has 1 N–H and O–H groups in total. The molecule has 0 atom stereocenters.